The van der Waals surface area contributed by atoms with Gasteiger partial charge in [0.05, 0.1) is 42.2 Å². The highest BCUT2D eigenvalue weighted by atomic mass is 32.1. The van der Waals surface area contributed by atoms with Gasteiger partial charge in [0, 0.05) is 12.0 Å². The Morgan fingerprint density at radius 3 is 2.67 bits per heavy atom. The highest BCUT2D eigenvalue weighted by Gasteiger charge is 2.48. The van der Waals surface area contributed by atoms with Gasteiger partial charge in [-0.05, 0) is 79.9 Å². The quantitative estimate of drug-likeness (QED) is 0.0803. The molecule has 2 aliphatic rings. The number of carbonyl (C=O) groups excluding carboxylic acids is 2. The van der Waals surface area contributed by atoms with Crippen molar-refractivity contribution in [1.29, 1.82) is 0 Å². The topological polar surface area (TPSA) is 107 Å². The summed E-state index contributed by atoms with van der Waals surface area (Å²) in [6.45, 7) is 7.07. The first-order chi connectivity index (χ1) is 21.8. The largest absolute Gasteiger partial charge is 0.507 e. The molecule has 1 amide bonds. The van der Waals surface area contributed by atoms with Gasteiger partial charge >= 0.3 is 5.91 Å². The Morgan fingerprint density at radius 1 is 1.04 bits per heavy atom. The number of nitrogens with zero attached hydrogens (tertiary/aromatic N) is 2. The van der Waals surface area contributed by atoms with Crippen molar-refractivity contribution in [2.45, 2.75) is 58.6 Å². The molecular formula is C35H36N2O7S. The van der Waals surface area contributed by atoms with Crippen molar-refractivity contribution >= 4 is 44.1 Å². The van der Waals surface area contributed by atoms with Crippen LogP contribution in [0.15, 0.2) is 60.2 Å². The summed E-state index contributed by atoms with van der Waals surface area (Å²) in [6.07, 6.45) is 3.74. The maximum absolute atomic E-state index is 13.8. The zero-order valence-electron chi connectivity index (χ0n) is 25.8. The Bertz CT molecular complexity index is 1800. The first-order valence-electron chi connectivity index (χ1n) is 15.3. The van der Waals surface area contributed by atoms with E-state index in [4.69, 9.17) is 23.9 Å². The number of aliphatic hydroxyl groups excluding tert-OH is 1. The monoisotopic (exact) mass is 628 g/mol. The van der Waals surface area contributed by atoms with E-state index in [0.717, 1.165) is 35.3 Å². The SMILES string of the molecule is CCCCCOc1ccc([C@H]2C(=C(O)c3ccc4c(c3)C[C@H](C)O4)C(=O)C(=O)N2c2nc3ccc(OCC)cc3s2)cc1OC. The van der Waals surface area contributed by atoms with Crippen LogP contribution >= 0.6 is 11.3 Å². The number of carbonyl (C=O) groups is 2. The number of unbranched alkanes of at least 4 members (excludes halogenated alkanes) is 2. The third-order valence-electron chi connectivity index (χ3n) is 7.99. The summed E-state index contributed by atoms with van der Waals surface area (Å²) in [5.74, 6) is 0.624. The summed E-state index contributed by atoms with van der Waals surface area (Å²) in [7, 11) is 1.55. The van der Waals surface area contributed by atoms with Crippen molar-refractivity contribution in [3.63, 3.8) is 0 Å². The normalized spacial score (nSPS) is 18.7. The van der Waals surface area contributed by atoms with Crippen LogP contribution in [0.25, 0.3) is 16.0 Å². The van der Waals surface area contributed by atoms with Gasteiger partial charge in [-0.15, -0.1) is 0 Å². The molecule has 9 nitrogen and oxygen atoms in total. The molecule has 3 aromatic carbocycles. The zero-order valence-corrected chi connectivity index (χ0v) is 26.6. The lowest BCUT2D eigenvalue weighted by Gasteiger charge is -2.24. The third-order valence-corrected chi connectivity index (χ3v) is 9.01. The van der Waals surface area contributed by atoms with Crippen LogP contribution in [-0.4, -0.2) is 48.2 Å². The minimum Gasteiger partial charge on any atom is -0.507 e. The molecule has 2 atom stereocenters. The van der Waals surface area contributed by atoms with Crippen molar-refractivity contribution in [2.75, 3.05) is 25.2 Å². The number of Topliss-reactive ketones (excluding diaryl/α,β-unsaturated/α-hetero) is 1. The molecule has 2 aliphatic heterocycles. The molecule has 45 heavy (non-hydrogen) atoms. The van der Waals surface area contributed by atoms with Crippen LogP contribution in [0.1, 0.15) is 62.8 Å². The van der Waals surface area contributed by atoms with Crippen LogP contribution in [0.5, 0.6) is 23.0 Å². The van der Waals surface area contributed by atoms with E-state index >= 15 is 0 Å². The molecule has 0 saturated carbocycles. The Balaban J connectivity index is 1.47. The number of anilines is 1. The molecule has 3 heterocycles. The van der Waals surface area contributed by atoms with E-state index in [1.165, 1.54) is 16.2 Å². The van der Waals surface area contributed by atoms with E-state index < -0.39 is 17.7 Å². The summed E-state index contributed by atoms with van der Waals surface area (Å²) >= 11 is 1.28. The second-order valence-corrected chi connectivity index (χ2v) is 12.2. The lowest BCUT2D eigenvalue weighted by Crippen LogP contribution is -2.29. The Labute approximate surface area is 266 Å². The van der Waals surface area contributed by atoms with E-state index in [1.54, 1.807) is 37.4 Å². The third kappa shape index (κ3) is 5.82. The summed E-state index contributed by atoms with van der Waals surface area (Å²) in [5, 5.41) is 12.1. The molecule has 0 aliphatic carbocycles. The number of amides is 1. The fourth-order valence-corrected chi connectivity index (χ4v) is 6.85. The molecule has 0 radical (unpaired) electrons. The number of rotatable bonds is 11. The maximum atomic E-state index is 13.8. The molecule has 0 spiro atoms. The van der Waals surface area contributed by atoms with Crippen molar-refractivity contribution in [1.82, 2.24) is 4.98 Å². The summed E-state index contributed by atoms with van der Waals surface area (Å²) < 4.78 is 24.0. The van der Waals surface area contributed by atoms with Gasteiger partial charge < -0.3 is 24.1 Å². The van der Waals surface area contributed by atoms with Crippen LogP contribution in [-0.2, 0) is 16.0 Å². The van der Waals surface area contributed by atoms with Gasteiger partial charge in [0.2, 0.25) is 0 Å². The van der Waals surface area contributed by atoms with E-state index in [-0.39, 0.29) is 17.4 Å². The minimum absolute atomic E-state index is 0.0143. The van der Waals surface area contributed by atoms with Crippen LogP contribution < -0.4 is 23.8 Å². The lowest BCUT2D eigenvalue weighted by atomic mass is 9.94. The molecule has 1 N–H and O–H groups in total. The average molecular weight is 629 g/mol. The average Bonchev–Trinajstić information content (AvgIpc) is 3.70. The maximum Gasteiger partial charge on any atom is 0.301 e. The van der Waals surface area contributed by atoms with Gasteiger partial charge in [0.25, 0.3) is 5.78 Å². The van der Waals surface area contributed by atoms with Gasteiger partial charge in [0.1, 0.15) is 23.4 Å². The van der Waals surface area contributed by atoms with Gasteiger partial charge in [-0.3, -0.25) is 14.5 Å². The van der Waals surface area contributed by atoms with Gasteiger partial charge in [-0.1, -0.05) is 37.2 Å². The van der Waals surface area contributed by atoms with Crippen LogP contribution in [0.2, 0.25) is 0 Å². The number of thiazole rings is 1. The van der Waals surface area contributed by atoms with Crippen molar-refractivity contribution < 1.29 is 33.6 Å². The number of hydrogen-bond acceptors (Lipinski definition) is 9. The van der Waals surface area contributed by atoms with Gasteiger partial charge in [-0.25, -0.2) is 4.98 Å². The minimum atomic E-state index is -0.969. The highest BCUT2D eigenvalue weighted by molar-refractivity contribution is 7.22. The van der Waals surface area contributed by atoms with Crippen molar-refractivity contribution in [3.8, 4) is 23.0 Å². The number of aliphatic hydroxyl groups is 1. The predicted octanol–water partition coefficient (Wildman–Crippen LogP) is 7.22. The van der Waals surface area contributed by atoms with E-state index in [0.29, 0.717) is 58.7 Å². The molecule has 4 aromatic rings. The number of benzene rings is 3. The van der Waals surface area contributed by atoms with Gasteiger partial charge in [0.15, 0.2) is 16.6 Å². The van der Waals surface area contributed by atoms with Crippen LogP contribution in [0.4, 0.5) is 5.13 Å². The van der Waals surface area contributed by atoms with Crippen LogP contribution in [0.3, 0.4) is 0 Å². The highest BCUT2D eigenvalue weighted by Crippen LogP contribution is 2.46. The Morgan fingerprint density at radius 2 is 1.89 bits per heavy atom. The van der Waals surface area contributed by atoms with Crippen molar-refractivity contribution in [2.24, 2.45) is 0 Å². The molecule has 234 valence electrons. The molecule has 1 aromatic heterocycles. The van der Waals surface area contributed by atoms with Gasteiger partial charge in [-0.2, -0.15) is 0 Å². The number of methoxy groups -OCH3 is 1. The molecular weight excluding hydrogens is 592 g/mol. The fraction of sp³-hybridized carbons (Fsp3) is 0.343. The fourth-order valence-electron chi connectivity index (χ4n) is 5.83. The number of ether oxygens (including phenoxy) is 4. The smallest absolute Gasteiger partial charge is 0.301 e. The first-order valence-corrected chi connectivity index (χ1v) is 16.1. The summed E-state index contributed by atoms with van der Waals surface area (Å²) in [4.78, 5) is 33.8. The number of hydrogen-bond donors (Lipinski definition) is 1. The van der Waals surface area contributed by atoms with Crippen LogP contribution in [0, 0.1) is 0 Å². The number of ketones is 1. The number of fused-ring (bicyclic) bond motifs is 2. The molecule has 6 rings (SSSR count). The van der Waals surface area contributed by atoms with E-state index in [2.05, 4.69) is 6.92 Å². The summed E-state index contributed by atoms with van der Waals surface area (Å²) in [6, 6.07) is 15.2. The first kappa shape index (κ1) is 30.5. The Hall–Kier alpha value is -4.57. The lowest BCUT2D eigenvalue weighted by molar-refractivity contribution is -0.132. The molecule has 0 bridgehead atoms. The van der Waals surface area contributed by atoms with E-state index in [1.807, 2.05) is 38.1 Å². The molecule has 10 heteroatoms. The standard InChI is InChI=1S/C35H36N2O7S/c1-5-7-8-15-43-27-14-9-21(18-28(27)41-4)31-30(32(38)22-10-13-26-23(17-22)16-20(3)44-26)33(39)34(40)37(31)35-36-25-12-11-24(42-6-2)19-29(25)45-35/h9-14,17-20,31,38H,5-8,15-16H2,1-4H3/t20-,31-/m0/s1. The van der Waals surface area contributed by atoms with E-state index in [9.17, 15) is 14.7 Å². The zero-order chi connectivity index (χ0) is 31.7. The second-order valence-electron chi connectivity index (χ2n) is 11.1. The predicted molar refractivity (Wildman–Crippen MR) is 174 cm³/mol. The van der Waals surface area contributed by atoms with Crippen molar-refractivity contribution in [3.05, 3.63) is 76.9 Å². The molecule has 0 unspecified atom stereocenters. The second kappa shape index (κ2) is 12.8. The molecule has 1 fully saturated rings. The Kier molecular flexibility index (Phi) is 8.67. The molecule has 1 saturated heterocycles. The number of aromatic nitrogens is 1. The summed E-state index contributed by atoms with van der Waals surface area (Å²) in [5.41, 5.74) is 2.57.